The Morgan fingerprint density at radius 3 is 2.62 bits per heavy atom. The van der Waals surface area contributed by atoms with Crippen LogP contribution in [0.1, 0.15) is 26.7 Å². The molecule has 0 radical (unpaired) electrons. The highest BCUT2D eigenvalue weighted by Crippen LogP contribution is 2.19. The first-order valence-electron chi connectivity index (χ1n) is 7.38. The lowest BCUT2D eigenvalue weighted by Gasteiger charge is -2.09. The van der Waals surface area contributed by atoms with Crippen LogP contribution in [-0.4, -0.2) is 23.1 Å². The fourth-order valence-electron chi connectivity index (χ4n) is 1.84. The summed E-state index contributed by atoms with van der Waals surface area (Å²) in [7, 11) is 0. The van der Waals surface area contributed by atoms with Gasteiger partial charge in [-0.3, -0.25) is 0 Å². The van der Waals surface area contributed by atoms with E-state index in [0.29, 0.717) is 12.6 Å². The molecular formula is C16H22N4O. The highest BCUT2D eigenvalue weighted by Gasteiger charge is 2.00. The molecule has 21 heavy (non-hydrogen) atoms. The molecule has 0 aliphatic heterocycles. The molecule has 2 rings (SSSR count). The van der Waals surface area contributed by atoms with Crippen LogP contribution in [0.2, 0.25) is 0 Å². The minimum Gasteiger partial charge on any atom is -0.494 e. The molecule has 0 spiro atoms. The Bertz CT molecular complexity index is 542. The zero-order valence-corrected chi connectivity index (χ0v) is 12.6. The maximum absolute atomic E-state index is 5.42. The Hall–Kier alpha value is -2.30. The Kier molecular flexibility index (Phi) is 5.82. The van der Waals surface area contributed by atoms with E-state index in [2.05, 4.69) is 27.5 Å². The summed E-state index contributed by atoms with van der Waals surface area (Å²) in [4.78, 5) is 8.64. The van der Waals surface area contributed by atoms with Gasteiger partial charge in [-0.25, -0.2) is 4.98 Å². The van der Waals surface area contributed by atoms with Crippen molar-refractivity contribution in [2.75, 3.05) is 23.8 Å². The van der Waals surface area contributed by atoms with E-state index in [-0.39, 0.29) is 0 Å². The van der Waals surface area contributed by atoms with Gasteiger partial charge in [-0.2, -0.15) is 4.98 Å². The van der Waals surface area contributed by atoms with Gasteiger partial charge in [0.05, 0.1) is 6.61 Å². The predicted molar refractivity (Wildman–Crippen MR) is 86.3 cm³/mol. The molecule has 5 nitrogen and oxygen atoms in total. The van der Waals surface area contributed by atoms with Gasteiger partial charge in [0.15, 0.2) is 0 Å². The van der Waals surface area contributed by atoms with E-state index < -0.39 is 0 Å². The van der Waals surface area contributed by atoms with E-state index in [1.54, 1.807) is 6.20 Å². The number of nitrogens with zero attached hydrogens (tertiary/aromatic N) is 2. The molecule has 0 atom stereocenters. The van der Waals surface area contributed by atoms with Crippen LogP contribution in [0, 0.1) is 0 Å². The number of nitrogens with one attached hydrogen (secondary N) is 2. The number of aromatic nitrogens is 2. The Balaban J connectivity index is 1.96. The summed E-state index contributed by atoms with van der Waals surface area (Å²) >= 11 is 0. The monoisotopic (exact) mass is 286 g/mol. The van der Waals surface area contributed by atoms with Crippen molar-refractivity contribution in [3.05, 3.63) is 36.5 Å². The molecule has 0 unspecified atom stereocenters. The van der Waals surface area contributed by atoms with E-state index >= 15 is 0 Å². The lowest BCUT2D eigenvalue weighted by molar-refractivity contribution is 0.340. The molecule has 0 amide bonds. The molecule has 1 aromatic carbocycles. The normalized spacial score (nSPS) is 10.2. The molecule has 0 aliphatic rings. The molecule has 2 N–H and O–H groups in total. The van der Waals surface area contributed by atoms with Crippen LogP contribution >= 0.6 is 0 Å². The zero-order chi connectivity index (χ0) is 14.9. The average Bonchev–Trinajstić information content (AvgIpc) is 2.50. The Morgan fingerprint density at radius 2 is 1.90 bits per heavy atom. The van der Waals surface area contributed by atoms with Gasteiger partial charge in [-0.05, 0) is 43.7 Å². The largest absolute Gasteiger partial charge is 0.494 e. The van der Waals surface area contributed by atoms with Crippen LogP contribution in [0.25, 0.3) is 0 Å². The van der Waals surface area contributed by atoms with Crippen LogP contribution in [0.4, 0.5) is 17.5 Å². The van der Waals surface area contributed by atoms with Gasteiger partial charge in [0.1, 0.15) is 11.6 Å². The first-order chi connectivity index (χ1) is 10.3. The molecule has 2 aromatic rings. The Labute approximate surface area is 125 Å². The molecule has 0 fully saturated rings. The van der Waals surface area contributed by atoms with Crippen LogP contribution in [-0.2, 0) is 0 Å². The third-order valence-corrected chi connectivity index (χ3v) is 2.91. The van der Waals surface area contributed by atoms with Crippen molar-refractivity contribution in [2.45, 2.75) is 26.7 Å². The van der Waals surface area contributed by atoms with Crippen molar-refractivity contribution in [1.82, 2.24) is 9.97 Å². The van der Waals surface area contributed by atoms with Gasteiger partial charge in [0.2, 0.25) is 5.95 Å². The minimum absolute atomic E-state index is 0.652. The van der Waals surface area contributed by atoms with E-state index in [1.807, 2.05) is 37.3 Å². The van der Waals surface area contributed by atoms with Crippen molar-refractivity contribution in [3.8, 4) is 5.75 Å². The SMILES string of the molecule is CCCCNc1nccc(Nc2ccc(OCC)cc2)n1. The number of hydrogen-bond donors (Lipinski definition) is 2. The topological polar surface area (TPSA) is 59.1 Å². The molecule has 112 valence electrons. The van der Waals surface area contributed by atoms with E-state index in [4.69, 9.17) is 4.74 Å². The standard InChI is InChI=1S/C16H22N4O/c1-3-5-11-17-16-18-12-10-15(20-16)19-13-6-8-14(9-7-13)21-4-2/h6-10,12H,3-5,11H2,1-2H3,(H2,17,18,19,20). The van der Waals surface area contributed by atoms with Crippen LogP contribution in [0.3, 0.4) is 0 Å². The van der Waals surface area contributed by atoms with Crippen molar-refractivity contribution >= 4 is 17.5 Å². The van der Waals surface area contributed by atoms with Crippen molar-refractivity contribution in [1.29, 1.82) is 0 Å². The molecule has 0 saturated heterocycles. The fourth-order valence-corrected chi connectivity index (χ4v) is 1.84. The Morgan fingerprint density at radius 1 is 1.10 bits per heavy atom. The van der Waals surface area contributed by atoms with Crippen LogP contribution in [0.5, 0.6) is 5.75 Å². The van der Waals surface area contributed by atoms with Gasteiger partial charge < -0.3 is 15.4 Å². The van der Waals surface area contributed by atoms with Crippen LogP contribution < -0.4 is 15.4 Å². The second kappa shape index (κ2) is 8.09. The summed E-state index contributed by atoms with van der Waals surface area (Å²) in [6.45, 7) is 5.70. The number of benzene rings is 1. The van der Waals surface area contributed by atoms with Crippen molar-refractivity contribution in [3.63, 3.8) is 0 Å². The van der Waals surface area contributed by atoms with E-state index in [9.17, 15) is 0 Å². The highest BCUT2D eigenvalue weighted by molar-refractivity contribution is 5.57. The van der Waals surface area contributed by atoms with Gasteiger partial charge in [0.25, 0.3) is 0 Å². The molecule has 0 saturated carbocycles. The second-order valence-electron chi connectivity index (χ2n) is 4.63. The predicted octanol–water partition coefficient (Wildman–Crippen LogP) is 3.83. The van der Waals surface area contributed by atoms with E-state index in [1.165, 1.54) is 0 Å². The molecule has 5 heteroatoms. The van der Waals surface area contributed by atoms with Gasteiger partial charge >= 0.3 is 0 Å². The maximum Gasteiger partial charge on any atom is 0.224 e. The average molecular weight is 286 g/mol. The van der Waals surface area contributed by atoms with Gasteiger partial charge in [-0.1, -0.05) is 13.3 Å². The summed E-state index contributed by atoms with van der Waals surface area (Å²) in [5.74, 6) is 2.29. The first kappa shape index (κ1) is 15.1. The fraction of sp³-hybridized carbons (Fsp3) is 0.375. The van der Waals surface area contributed by atoms with Crippen LogP contribution in [0.15, 0.2) is 36.5 Å². The summed E-state index contributed by atoms with van der Waals surface area (Å²) < 4.78 is 5.42. The molecule has 0 aliphatic carbocycles. The first-order valence-corrected chi connectivity index (χ1v) is 7.38. The number of unbranched alkanes of at least 4 members (excludes halogenated alkanes) is 1. The molecule has 1 heterocycles. The summed E-state index contributed by atoms with van der Waals surface area (Å²) in [5.41, 5.74) is 0.969. The highest BCUT2D eigenvalue weighted by atomic mass is 16.5. The van der Waals surface area contributed by atoms with Crippen molar-refractivity contribution < 1.29 is 4.74 Å². The lowest BCUT2D eigenvalue weighted by Crippen LogP contribution is -2.06. The number of rotatable bonds is 8. The third-order valence-electron chi connectivity index (χ3n) is 2.91. The smallest absolute Gasteiger partial charge is 0.224 e. The minimum atomic E-state index is 0.652. The van der Waals surface area contributed by atoms with E-state index in [0.717, 1.165) is 36.6 Å². The molecule has 0 bridgehead atoms. The van der Waals surface area contributed by atoms with Crippen molar-refractivity contribution in [2.24, 2.45) is 0 Å². The quantitative estimate of drug-likeness (QED) is 0.722. The second-order valence-corrected chi connectivity index (χ2v) is 4.63. The molecule has 1 aromatic heterocycles. The summed E-state index contributed by atoms with van der Waals surface area (Å²) in [5, 5.41) is 6.47. The van der Waals surface area contributed by atoms with Gasteiger partial charge in [0, 0.05) is 18.4 Å². The summed E-state index contributed by atoms with van der Waals surface area (Å²) in [6.07, 6.45) is 4.01. The number of ether oxygens (including phenoxy) is 1. The molecular weight excluding hydrogens is 264 g/mol. The number of anilines is 3. The zero-order valence-electron chi connectivity index (χ0n) is 12.6. The summed E-state index contributed by atoms with van der Waals surface area (Å²) in [6, 6.07) is 9.66. The lowest BCUT2D eigenvalue weighted by atomic mass is 10.3. The maximum atomic E-state index is 5.42. The van der Waals surface area contributed by atoms with Gasteiger partial charge in [-0.15, -0.1) is 0 Å². The number of hydrogen-bond acceptors (Lipinski definition) is 5. The third kappa shape index (κ3) is 4.95.